The van der Waals surface area contributed by atoms with Gasteiger partial charge < -0.3 is 4.90 Å². The van der Waals surface area contributed by atoms with Crippen LogP contribution >= 0.6 is 11.3 Å². The lowest BCUT2D eigenvalue weighted by Crippen LogP contribution is -2.36. The first kappa shape index (κ1) is 18.9. The van der Waals surface area contributed by atoms with Gasteiger partial charge in [0.2, 0.25) is 0 Å². The Balaban J connectivity index is 1.59. The van der Waals surface area contributed by atoms with Gasteiger partial charge in [-0.2, -0.15) is 5.10 Å². The predicted molar refractivity (Wildman–Crippen MR) is 112 cm³/mol. The van der Waals surface area contributed by atoms with Crippen LogP contribution in [0.3, 0.4) is 0 Å². The molecular weight excluding hydrogens is 406 g/mol. The maximum absolute atomic E-state index is 14.3. The van der Waals surface area contributed by atoms with Crippen molar-refractivity contribution >= 4 is 34.0 Å². The van der Waals surface area contributed by atoms with Gasteiger partial charge in [0.25, 0.3) is 5.91 Å². The second-order valence-corrected chi connectivity index (χ2v) is 8.41. The van der Waals surface area contributed by atoms with Crippen molar-refractivity contribution in [2.45, 2.75) is 26.3 Å². The number of hydrogen-bond donors (Lipinski definition) is 0. The molecule has 0 radical (unpaired) electrons. The minimum absolute atomic E-state index is 0.299. The molecule has 0 spiro atoms. The van der Waals surface area contributed by atoms with E-state index >= 15 is 0 Å². The normalized spacial score (nSPS) is 13.6. The van der Waals surface area contributed by atoms with Gasteiger partial charge in [-0.05, 0) is 43.3 Å². The number of pyridine rings is 1. The third-order valence-corrected chi connectivity index (χ3v) is 6.20. The van der Waals surface area contributed by atoms with Crippen LogP contribution in [-0.4, -0.2) is 27.2 Å². The van der Waals surface area contributed by atoms with Gasteiger partial charge in [-0.25, -0.2) is 18.4 Å². The van der Waals surface area contributed by atoms with Gasteiger partial charge in [-0.3, -0.25) is 4.79 Å². The lowest BCUT2D eigenvalue weighted by atomic mass is 9.99. The highest BCUT2D eigenvalue weighted by Gasteiger charge is 2.28. The molecule has 152 valence electrons. The van der Waals surface area contributed by atoms with Crippen LogP contribution in [0.1, 0.15) is 32.9 Å². The van der Waals surface area contributed by atoms with Crippen LogP contribution in [0.5, 0.6) is 0 Å². The van der Waals surface area contributed by atoms with Crippen LogP contribution in [0.15, 0.2) is 41.9 Å². The van der Waals surface area contributed by atoms with Gasteiger partial charge in [0.15, 0.2) is 5.65 Å². The highest BCUT2D eigenvalue weighted by Crippen LogP contribution is 2.32. The van der Waals surface area contributed by atoms with E-state index in [9.17, 15) is 13.6 Å². The first-order chi connectivity index (χ1) is 14.5. The van der Waals surface area contributed by atoms with Crippen molar-refractivity contribution in [2.24, 2.45) is 0 Å². The molecule has 0 atom stereocenters. The standard InChI is InChI=1S/C22H18F2N4OS/c1-13-8-17(18-11-25-28(21(18)26-13)12-15-4-3-7-30-15)22(29)27-6-2-5-16-19(24)9-14(23)10-20(16)27/h3-4,7-11H,2,5-6,12H2,1H3. The molecule has 5 nitrogen and oxygen atoms in total. The van der Waals surface area contributed by atoms with E-state index in [1.54, 1.807) is 28.3 Å². The number of hydrogen-bond acceptors (Lipinski definition) is 4. The average Bonchev–Trinajstić information content (AvgIpc) is 3.37. The molecular formula is C22H18F2N4OS. The zero-order valence-electron chi connectivity index (χ0n) is 16.2. The maximum Gasteiger partial charge on any atom is 0.259 e. The number of aromatic nitrogens is 3. The van der Waals surface area contributed by atoms with E-state index in [0.717, 1.165) is 10.9 Å². The Morgan fingerprint density at radius 3 is 2.93 bits per heavy atom. The smallest absolute Gasteiger partial charge is 0.259 e. The fourth-order valence-corrected chi connectivity index (χ4v) is 4.67. The molecule has 4 heterocycles. The Morgan fingerprint density at radius 2 is 2.13 bits per heavy atom. The van der Waals surface area contributed by atoms with Crippen LogP contribution in [0.4, 0.5) is 14.5 Å². The van der Waals surface area contributed by atoms with E-state index in [4.69, 9.17) is 0 Å². The van der Waals surface area contributed by atoms with E-state index < -0.39 is 11.6 Å². The number of fused-ring (bicyclic) bond motifs is 2. The second kappa shape index (κ2) is 7.28. The molecule has 0 fully saturated rings. The molecule has 8 heteroatoms. The van der Waals surface area contributed by atoms with E-state index in [-0.39, 0.29) is 5.91 Å². The van der Waals surface area contributed by atoms with Gasteiger partial charge in [0.1, 0.15) is 11.6 Å². The second-order valence-electron chi connectivity index (χ2n) is 7.38. The van der Waals surface area contributed by atoms with E-state index in [1.807, 2.05) is 24.4 Å². The summed E-state index contributed by atoms with van der Waals surface area (Å²) >= 11 is 1.63. The SMILES string of the molecule is Cc1cc(C(=O)N2CCCc3c(F)cc(F)cc32)c2cnn(Cc3cccs3)c2n1. The molecule has 4 aromatic rings. The Hall–Kier alpha value is -3.13. The first-order valence-corrected chi connectivity index (χ1v) is 10.5. The Labute approximate surface area is 175 Å². The van der Waals surface area contributed by atoms with Crippen molar-refractivity contribution in [3.05, 3.63) is 75.2 Å². The van der Waals surface area contributed by atoms with Gasteiger partial charge in [-0.15, -0.1) is 11.3 Å². The van der Waals surface area contributed by atoms with Gasteiger partial charge >= 0.3 is 0 Å². The van der Waals surface area contributed by atoms with Crippen LogP contribution in [0.25, 0.3) is 11.0 Å². The molecule has 0 saturated carbocycles. The summed E-state index contributed by atoms with van der Waals surface area (Å²) in [5.74, 6) is -1.60. The fourth-order valence-electron chi connectivity index (χ4n) is 3.98. The molecule has 3 aromatic heterocycles. The number of carbonyl (C=O) groups is 1. The molecule has 1 aliphatic heterocycles. The third-order valence-electron chi connectivity index (χ3n) is 5.33. The molecule has 1 amide bonds. The molecule has 1 aliphatic rings. The number of carbonyl (C=O) groups excluding carboxylic acids is 1. The molecule has 1 aromatic carbocycles. The Bertz CT molecular complexity index is 1270. The number of thiophene rings is 1. The molecule has 0 bridgehead atoms. The summed E-state index contributed by atoms with van der Waals surface area (Å²) in [4.78, 5) is 20.7. The highest BCUT2D eigenvalue weighted by molar-refractivity contribution is 7.09. The van der Waals surface area contributed by atoms with Crippen LogP contribution in [0, 0.1) is 18.6 Å². The van der Waals surface area contributed by atoms with Gasteiger partial charge in [-0.1, -0.05) is 6.07 Å². The largest absolute Gasteiger partial charge is 0.308 e. The zero-order valence-corrected chi connectivity index (χ0v) is 17.0. The topological polar surface area (TPSA) is 51.0 Å². The minimum atomic E-state index is -0.689. The van der Waals surface area contributed by atoms with Crippen LogP contribution in [-0.2, 0) is 13.0 Å². The Morgan fingerprint density at radius 1 is 1.27 bits per heavy atom. The summed E-state index contributed by atoms with van der Waals surface area (Å²) < 4.78 is 29.9. The molecule has 0 N–H and O–H groups in total. The number of anilines is 1. The van der Waals surface area contributed by atoms with E-state index in [1.165, 1.54) is 11.0 Å². The average molecular weight is 424 g/mol. The minimum Gasteiger partial charge on any atom is -0.308 e. The Kier molecular flexibility index (Phi) is 4.58. The number of amides is 1. The molecule has 0 unspecified atom stereocenters. The van der Waals surface area contributed by atoms with Crippen molar-refractivity contribution in [1.29, 1.82) is 0 Å². The summed E-state index contributed by atoms with van der Waals surface area (Å²) in [6.45, 7) is 2.79. The highest BCUT2D eigenvalue weighted by atomic mass is 32.1. The van der Waals surface area contributed by atoms with Gasteiger partial charge in [0, 0.05) is 28.7 Å². The van der Waals surface area contributed by atoms with Crippen LogP contribution < -0.4 is 4.90 Å². The lowest BCUT2D eigenvalue weighted by molar-refractivity contribution is 0.0986. The summed E-state index contributed by atoms with van der Waals surface area (Å²) in [6.07, 6.45) is 2.74. The van der Waals surface area contributed by atoms with Crippen molar-refractivity contribution in [3.8, 4) is 0 Å². The van der Waals surface area contributed by atoms with Crippen molar-refractivity contribution < 1.29 is 13.6 Å². The lowest BCUT2D eigenvalue weighted by Gasteiger charge is -2.30. The van der Waals surface area contributed by atoms with E-state index in [2.05, 4.69) is 10.1 Å². The van der Waals surface area contributed by atoms with Crippen LogP contribution in [0.2, 0.25) is 0 Å². The number of halogens is 2. The van der Waals surface area contributed by atoms with Crippen molar-refractivity contribution in [3.63, 3.8) is 0 Å². The summed E-state index contributed by atoms with van der Waals surface area (Å²) in [5, 5.41) is 7.07. The van der Waals surface area contributed by atoms with Crippen molar-refractivity contribution in [2.75, 3.05) is 11.4 Å². The molecule has 5 rings (SSSR count). The number of benzene rings is 1. The predicted octanol–water partition coefficient (Wildman–Crippen LogP) is 4.72. The van der Waals surface area contributed by atoms with Crippen molar-refractivity contribution in [1.82, 2.24) is 14.8 Å². The fraction of sp³-hybridized carbons (Fsp3) is 0.227. The number of rotatable bonds is 3. The monoisotopic (exact) mass is 424 g/mol. The maximum atomic E-state index is 14.3. The quantitative estimate of drug-likeness (QED) is 0.478. The summed E-state index contributed by atoms with van der Waals surface area (Å²) in [7, 11) is 0. The number of nitrogens with zero attached hydrogens (tertiary/aromatic N) is 4. The summed E-state index contributed by atoms with van der Waals surface area (Å²) in [6, 6.07) is 7.82. The number of aryl methyl sites for hydroxylation is 1. The van der Waals surface area contributed by atoms with Gasteiger partial charge in [0.05, 0.1) is 29.4 Å². The molecule has 30 heavy (non-hydrogen) atoms. The molecule has 0 saturated heterocycles. The zero-order chi connectivity index (χ0) is 20.8. The van der Waals surface area contributed by atoms with E-state index in [0.29, 0.717) is 59.5 Å². The first-order valence-electron chi connectivity index (χ1n) is 9.66. The summed E-state index contributed by atoms with van der Waals surface area (Å²) in [5.41, 5.74) is 2.42. The molecule has 0 aliphatic carbocycles. The third kappa shape index (κ3) is 3.17.